The predicted molar refractivity (Wildman–Crippen MR) is 146 cm³/mol. The second-order valence-corrected chi connectivity index (χ2v) is 9.54. The average molecular weight is 608 g/mol. The molecule has 3 aromatic carbocycles. The number of halogens is 6. The quantitative estimate of drug-likeness (QED) is 0.199. The van der Waals surface area contributed by atoms with Crippen molar-refractivity contribution < 1.29 is 40.6 Å². The van der Waals surface area contributed by atoms with Gasteiger partial charge in [-0.2, -0.15) is 26.3 Å². The second-order valence-electron chi connectivity index (χ2n) is 9.54. The first kappa shape index (κ1) is 31.5. The number of nitrogens with zero attached hydrogens (tertiary/aromatic N) is 3. The summed E-state index contributed by atoms with van der Waals surface area (Å²) in [5.74, 6) is -0.561. The number of fused-ring (bicyclic) bond motifs is 1. The van der Waals surface area contributed by atoms with Gasteiger partial charge in [0.05, 0.1) is 47.5 Å². The van der Waals surface area contributed by atoms with Crippen LogP contribution in [0.4, 0.5) is 26.3 Å². The summed E-state index contributed by atoms with van der Waals surface area (Å²) in [5, 5.41) is 0.263. The van der Waals surface area contributed by atoms with Gasteiger partial charge >= 0.3 is 12.4 Å². The molecule has 0 radical (unpaired) electrons. The van der Waals surface area contributed by atoms with Crippen molar-refractivity contribution >= 4 is 16.8 Å². The summed E-state index contributed by atoms with van der Waals surface area (Å²) < 4.78 is 93.3. The van der Waals surface area contributed by atoms with E-state index in [2.05, 4.69) is 4.98 Å². The van der Waals surface area contributed by atoms with E-state index in [1.165, 1.54) is 18.8 Å². The molecule has 1 amide bonds. The maximum atomic E-state index is 13.9. The van der Waals surface area contributed by atoms with E-state index in [4.69, 9.17) is 9.47 Å². The number of methoxy groups -OCH3 is 2. The predicted octanol–water partition coefficient (Wildman–Crippen LogP) is 6.67. The standard InChI is InChI=1S/C30H27F6N3O4/c1-4-25(26-37-24-8-6-5-7-23(24)28(41)39(26)21-9-11-22(43-3)12-10-21)38(13-14-42-2)27(40)18-15-19(29(31,32)33)17-20(16-18)30(34,35)36/h5-12,15-17,25H,4,13-14H2,1-3H3. The highest BCUT2D eigenvalue weighted by Gasteiger charge is 2.39. The molecule has 0 aliphatic carbocycles. The Morgan fingerprint density at radius 2 is 1.53 bits per heavy atom. The van der Waals surface area contributed by atoms with Gasteiger partial charge in [-0.1, -0.05) is 19.1 Å². The Hall–Kier alpha value is -4.39. The average Bonchev–Trinajstić information content (AvgIpc) is 2.98. The lowest BCUT2D eigenvalue weighted by Crippen LogP contribution is -2.40. The van der Waals surface area contributed by atoms with Gasteiger partial charge in [0.15, 0.2) is 0 Å². The number of alkyl halides is 6. The Labute approximate surface area is 242 Å². The highest BCUT2D eigenvalue weighted by molar-refractivity contribution is 5.95. The molecule has 0 N–H and O–H groups in total. The number of amides is 1. The first-order valence-corrected chi connectivity index (χ1v) is 13.1. The fraction of sp³-hybridized carbons (Fsp3) is 0.300. The molecule has 13 heteroatoms. The molecular formula is C30H27F6N3O4. The molecule has 0 aliphatic heterocycles. The van der Waals surface area contributed by atoms with E-state index in [1.54, 1.807) is 55.5 Å². The Morgan fingerprint density at radius 1 is 0.930 bits per heavy atom. The van der Waals surface area contributed by atoms with E-state index < -0.39 is 46.6 Å². The normalized spacial score (nSPS) is 12.8. The van der Waals surface area contributed by atoms with Gasteiger partial charge in [-0.25, -0.2) is 4.98 Å². The van der Waals surface area contributed by atoms with E-state index in [1.807, 2.05) is 0 Å². The Morgan fingerprint density at radius 3 is 2.07 bits per heavy atom. The van der Waals surface area contributed by atoms with Crippen LogP contribution in [0.15, 0.2) is 71.5 Å². The van der Waals surface area contributed by atoms with Crippen molar-refractivity contribution in [2.75, 3.05) is 27.4 Å². The van der Waals surface area contributed by atoms with E-state index in [9.17, 15) is 35.9 Å². The van der Waals surface area contributed by atoms with Crippen molar-refractivity contribution in [3.63, 3.8) is 0 Å². The van der Waals surface area contributed by atoms with E-state index in [-0.39, 0.29) is 36.8 Å². The van der Waals surface area contributed by atoms with Crippen molar-refractivity contribution in [3.8, 4) is 11.4 Å². The number of hydrogen-bond donors (Lipinski definition) is 0. The zero-order valence-electron chi connectivity index (χ0n) is 23.3. The molecule has 1 unspecified atom stereocenters. The largest absolute Gasteiger partial charge is 0.497 e. The van der Waals surface area contributed by atoms with Crippen LogP contribution >= 0.6 is 0 Å². The molecule has 0 saturated heterocycles. The van der Waals surface area contributed by atoms with Crippen LogP contribution in [-0.2, 0) is 17.1 Å². The van der Waals surface area contributed by atoms with Gasteiger partial charge in [0.25, 0.3) is 11.5 Å². The summed E-state index contributed by atoms with van der Waals surface area (Å²) in [4.78, 5) is 33.5. The van der Waals surface area contributed by atoms with Crippen molar-refractivity contribution in [2.45, 2.75) is 31.7 Å². The van der Waals surface area contributed by atoms with Gasteiger partial charge in [-0.05, 0) is 61.0 Å². The number of carbonyl (C=O) groups excluding carboxylic acids is 1. The SMILES string of the molecule is CCC(c1nc2ccccc2c(=O)n1-c1ccc(OC)cc1)N(CCOC)C(=O)c1cc(C(F)(F)F)cc(C(F)(F)F)c1. The molecular weight excluding hydrogens is 580 g/mol. The lowest BCUT2D eigenvalue weighted by Gasteiger charge is -2.32. The number of hydrogen-bond acceptors (Lipinski definition) is 5. The van der Waals surface area contributed by atoms with Crippen LogP contribution in [0, 0.1) is 0 Å². The molecule has 0 fully saturated rings. The number of benzene rings is 3. The van der Waals surface area contributed by atoms with Crippen molar-refractivity contribution in [1.82, 2.24) is 14.5 Å². The van der Waals surface area contributed by atoms with E-state index >= 15 is 0 Å². The van der Waals surface area contributed by atoms with Crippen LogP contribution in [0.5, 0.6) is 5.75 Å². The highest BCUT2D eigenvalue weighted by Crippen LogP contribution is 2.37. The summed E-state index contributed by atoms with van der Waals surface area (Å²) in [5.41, 5.74) is -3.90. The molecule has 0 bridgehead atoms. The number of aromatic nitrogens is 2. The third-order valence-corrected chi connectivity index (χ3v) is 6.83. The summed E-state index contributed by atoms with van der Waals surface area (Å²) in [6.45, 7) is 1.33. The zero-order valence-corrected chi connectivity index (χ0v) is 23.3. The Balaban J connectivity index is 1.96. The molecule has 7 nitrogen and oxygen atoms in total. The maximum absolute atomic E-state index is 13.9. The van der Waals surface area contributed by atoms with Gasteiger partial charge in [0.1, 0.15) is 11.6 Å². The third-order valence-electron chi connectivity index (χ3n) is 6.83. The van der Waals surface area contributed by atoms with Crippen LogP contribution in [0.2, 0.25) is 0 Å². The summed E-state index contributed by atoms with van der Waals surface area (Å²) >= 11 is 0. The molecule has 43 heavy (non-hydrogen) atoms. The number of para-hydroxylation sites is 1. The molecule has 0 spiro atoms. The van der Waals surface area contributed by atoms with Crippen LogP contribution in [0.25, 0.3) is 16.6 Å². The van der Waals surface area contributed by atoms with Crippen LogP contribution < -0.4 is 10.3 Å². The zero-order chi connectivity index (χ0) is 31.5. The fourth-order valence-corrected chi connectivity index (χ4v) is 4.73. The number of carbonyl (C=O) groups is 1. The molecule has 4 aromatic rings. The first-order chi connectivity index (χ1) is 20.3. The summed E-state index contributed by atoms with van der Waals surface area (Å²) in [7, 11) is 2.80. The second kappa shape index (κ2) is 12.5. The van der Waals surface area contributed by atoms with Gasteiger partial charge in [0.2, 0.25) is 0 Å². The van der Waals surface area contributed by atoms with Gasteiger partial charge in [-0.3, -0.25) is 14.2 Å². The Kier molecular flexibility index (Phi) is 9.14. The highest BCUT2D eigenvalue weighted by atomic mass is 19.4. The van der Waals surface area contributed by atoms with Gasteiger partial charge in [-0.15, -0.1) is 0 Å². The Bertz CT molecular complexity index is 1630. The minimum absolute atomic E-state index is 0.0419. The molecule has 1 heterocycles. The van der Waals surface area contributed by atoms with Gasteiger partial charge < -0.3 is 14.4 Å². The lowest BCUT2D eigenvalue weighted by molar-refractivity contribution is -0.143. The van der Waals surface area contributed by atoms with Crippen molar-refractivity contribution in [3.05, 3.63) is 99.6 Å². The van der Waals surface area contributed by atoms with Crippen molar-refractivity contribution in [1.29, 1.82) is 0 Å². The summed E-state index contributed by atoms with van der Waals surface area (Å²) in [6.07, 6.45) is -10.2. The van der Waals surface area contributed by atoms with Crippen LogP contribution in [0.3, 0.4) is 0 Å². The van der Waals surface area contributed by atoms with E-state index in [0.29, 0.717) is 29.1 Å². The van der Waals surface area contributed by atoms with E-state index in [0.717, 1.165) is 4.90 Å². The minimum Gasteiger partial charge on any atom is -0.497 e. The summed E-state index contributed by atoms with van der Waals surface area (Å²) in [6, 6.07) is 12.5. The van der Waals surface area contributed by atoms with Crippen molar-refractivity contribution in [2.24, 2.45) is 0 Å². The van der Waals surface area contributed by atoms with Crippen LogP contribution in [-0.4, -0.2) is 47.7 Å². The molecule has 228 valence electrons. The first-order valence-electron chi connectivity index (χ1n) is 13.1. The molecule has 0 aliphatic rings. The number of ether oxygens (including phenoxy) is 2. The lowest BCUT2D eigenvalue weighted by atomic mass is 10.0. The number of rotatable bonds is 9. The minimum atomic E-state index is -5.15. The third kappa shape index (κ3) is 6.66. The molecule has 4 rings (SSSR count). The molecule has 0 saturated carbocycles. The maximum Gasteiger partial charge on any atom is 0.416 e. The van der Waals surface area contributed by atoms with Crippen LogP contribution in [0.1, 0.15) is 46.7 Å². The fourth-order valence-electron chi connectivity index (χ4n) is 4.73. The molecule has 1 aromatic heterocycles. The topological polar surface area (TPSA) is 73.7 Å². The smallest absolute Gasteiger partial charge is 0.416 e. The molecule has 1 atom stereocenters. The monoisotopic (exact) mass is 607 g/mol. The van der Waals surface area contributed by atoms with Gasteiger partial charge in [0, 0.05) is 19.2 Å².